The summed E-state index contributed by atoms with van der Waals surface area (Å²) < 4.78 is 12.7. The number of amides is 2. The molecule has 0 fully saturated rings. The number of hydrogen-bond acceptors (Lipinski definition) is 7. The van der Waals surface area contributed by atoms with E-state index in [1.807, 2.05) is 54.6 Å². The van der Waals surface area contributed by atoms with Crippen molar-refractivity contribution in [2.45, 2.75) is 51.8 Å². The maximum Gasteiger partial charge on any atom is 0.407 e. The van der Waals surface area contributed by atoms with Crippen molar-refractivity contribution in [2.75, 3.05) is 24.7 Å². The zero-order valence-corrected chi connectivity index (χ0v) is 29.2. The summed E-state index contributed by atoms with van der Waals surface area (Å²) in [5.74, 6) is 0.160. The van der Waals surface area contributed by atoms with Gasteiger partial charge in [-0.2, -0.15) is 0 Å². The van der Waals surface area contributed by atoms with Gasteiger partial charge in [-0.05, 0) is 67.6 Å². The summed E-state index contributed by atoms with van der Waals surface area (Å²) in [5, 5.41) is 7.95. The fourth-order valence-electron chi connectivity index (χ4n) is 6.28. The fraction of sp³-hybridized carbons (Fsp3) is 0.282. The Balaban J connectivity index is 1.29. The van der Waals surface area contributed by atoms with Crippen LogP contribution < -0.4 is 21.2 Å². The molecule has 0 unspecified atom stereocenters. The standard InChI is InChI=1S/C39H40ClN5O5/c1-25(42-38(48)49-24-31-29-17-10-8-15-27(29)28-16-9-11-18-30(28)31)35-43-33-20-12-19-32(40)34(33)36(46)45(35)44(23-26-13-6-5-7-14-26)22-21-41-37(47)50-39(2,3)4/h5-20,25,31H,21-24H2,1-4H3,(H,41,47)(H,42,48)/t25-/m0/s1. The Hall–Kier alpha value is -5.35. The number of fused-ring (bicyclic) bond motifs is 4. The zero-order valence-electron chi connectivity index (χ0n) is 28.5. The van der Waals surface area contributed by atoms with Crippen molar-refractivity contribution in [3.05, 3.63) is 135 Å². The number of halogens is 1. The lowest BCUT2D eigenvalue weighted by molar-refractivity contribution is 0.0528. The summed E-state index contributed by atoms with van der Waals surface area (Å²) >= 11 is 6.56. The minimum absolute atomic E-state index is 0.110. The molecule has 4 aromatic carbocycles. The fourth-order valence-corrected chi connectivity index (χ4v) is 6.53. The van der Waals surface area contributed by atoms with Gasteiger partial charge in [0.1, 0.15) is 12.2 Å². The van der Waals surface area contributed by atoms with E-state index >= 15 is 0 Å². The van der Waals surface area contributed by atoms with Gasteiger partial charge in [0.25, 0.3) is 5.56 Å². The smallest absolute Gasteiger partial charge is 0.407 e. The number of carbonyl (C=O) groups is 2. The molecule has 0 saturated heterocycles. The Morgan fingerprint density at radius 2 is 1.54 bits per heavy atom. The highest BCUT2D eigenvalue weighted by Gasteiger charge is 2.30. The number of nitrogens with one attached hydrogen (secondary N) is 2. The first-order valence-corrected chi connectivity index (χ1v) is 17.0. The van der Waals surface area contributed by atoms with Crippen molar-refractivity contribution in [3.8, 4) is 11.1 Å². The van der Waals surface area contributed by atoms with E-state index in [1.165, 1.54) is 4.68 Å². The van der Waals surface area contributed by atoms with Crippen LogP contribution in [-0.2, 0) is 16.0 Å². The Kier molecular flexibility index (Phi) is 10.1. The first kappa shape index (κ1) is 34.5. The highest BCUT2D eigenvalue weighted by molar-refractivity contribution is 6.35. The van der Waals surface area contributed by atoms with E-state index in [1.54, 1.807) is 50.9 Å². The number of nitrogens with zero attached hydrogens (tertiary/aromatic N) is 3. The van der Waals surface area contributed by atoms with Crippen LogP contribution in [0.15, 0.2) is 102 Å². The average molecular weight is 694 g/mol. The van der Waals surface area contributed by atoms with Gasteiger partial charge in [0.05, 0.1) is 35.1 Å². The van der Waals surface area contributed by atoms with Crippen LogP contribution >= 0.6 is 11.6 Å². The topological polar surface area (TPSA) is 115 Å². The molecule has 6 rings (SSSR count). The second-order valence-electron chi connectivity index (χ2n) is 13.2. The summed E-state index contributed by atoms with van der Waals surface area (Å²) in [6.07, 6.45) is -1.22. The molecule has 1 atom stereocenters. The van der Waals surface area contributed by atoms with Crippen LogP contribution in [0.2, 0.25) is 5.02 Å². The Morgan fingerprint density at radius 1 is 0.900 bits per heavy atom. The molecule has 0 radical (unpaired) electrons. The first-order valence-electron chi connectivity index (χ1n) is 16.6. The predicted molar refractivity (Wildman–Crippen MR) is 195 cm³/mol. The lowest BCUT2D eigenvalue weighted by Gasteiger charge is -2.31. The van der Waals surface area contributed by atoms with Crippen molar-refractivity contribution in [1.29, 1.82) is 0 Å². The third kappa shape index (κ3) is 7.60. The number of hydrogen-bond donors (Lipinski definition) is 2. The van der Waals surface area contributed by atoms with Crippen molar-refractivity contribution >= 4 is 34.7 Å². The zero-order chi connectivity index (χ0) is 35.4. The van der Waals surface area contributed by atoms with Crippen molar-refractivity contribution < 1.29 is 19.1 Å². The minimum atomic E-state index is -0.765. The van der Waals surface area contributed by atoms with Gasteiger partial charge in [0.2, 0.25) is 0 Å². The van der Waals surface area contributed by atoms with Gasteiger partial charge < -0.3 is 25.1 Å². The number of rotatable bonds is 10. The van der Waals surface area contributed by atoms with E-state index in [0.29, 0.717) is 12.1 Å². The van der Waals surface area contributed by atoms with E-state index in [4.69, 9.17) is 26.1 Å². The first-order chi connectivity index (χ1) is 24.0. The lowest BCUT2D eigenvalue weighted by atomic mass is 9.98. The van der Waals surface area contributed by atoms with Gasteiger partial charge in [0.15, 0.2) is 5.82 Å². The molecule has 2 N–H and O–H groups in total. The molecule has 10 nitrogen and oxygen atoms in total. The molecule has 1 aromatic heterocycles. The van der Waals surface area contributed by atoms with E-state index in [9.17, 15) is 14.4 Å². The summed E-state index contributed by atoms with van der Waals surface area (Å²) in [6.45, 7) is 7.89. The average Bonchev–Trinajstić information content (AvgIpc) is 3.40. The van der Waals surface area contributed by atoms with Gasteiger partial charge in [-0.3, -0.25) is 4.79 Å². The van der Waals surface area contributed by atoms with Crippen LogP contribution in [0.25, 0.3) is 22.0 Å². The predicted octanol–water partition coefficient (Wildman–Crippen LogP) is 7.31. The molecule has 5 aromatic rings. The van der Waals surface area contributed by atoms with Gasteiger partial charge >= 0.3 is 12.2 Å². The second-order valence-corrected chi connectivity index (χ2v) is 13.6. The van der Waals surface area contributed by atoms with Gasteiger partial charge in [-0.25, -0.2) is 19.2 Å². The van der Waals surface area contributed by atoms with Crippen molar-refractivity contribution in [1.82, 2.24) is 20.3 Å². The summed E-state index contributed by atoms with van der Waals surface area (Å²) in [4.78, 5) is 45.1. The van der Waals surface area contributed by atoms with E-state index in [0.717, 1.165) is 27.8 Å². The number of alkyl carbamates (subject to hydrolysis) is 2. The van der Waals surface area contributed by atoms with Crippen LogP contribution in [0.4, 0.5) is 9.59 Å². The van der Waals surface area contributed by atoms with E-state index in [-0.39, 0.29) is 41.8 Å². The molecular weight excluding hydrogens is 654 g/mol. The highest BCUT2D eigenvalue weighted by Crippen LogP contribution is 2.44. The SMILES string of the molecule is C[C@H](NC(=O)OCC1c2ccccc2-c2ccccc21)c1nc2cccc(Cl)c2c(=O)n1N(CCNC(=O)OC(C)(C)C)Cc1ccccc1. The molecule has 0 bridgehead atoms. The molecule has 2 amide bonds. The maximum absolute atomic E-state index is 14.4. The normalized spacial score (nSPS) is 12.9. The Morgan fingerprint density at radius 3 is 2.20 bits per heavy atom. The monoisotopic (exact) mass is 693 g/mol. The highest BCUT2D eigenvalue weighted by atomic mass is 35.5. The van der Waals surface area contributed by atoms with E-state index < -0.39 is 29.4 Å². The maximum atomic E-state index is 14.4. The Labute approximate surface area is 296 Å². The summed E-state index contributed by atoms with van der Waals surface area (Å²) in [6, 6.07) is 30.2. The van der Waals surface area contributed by atoms with Gasteiger partial charge in [0, 0.05) is 12.5 Å². The largest absolute Gasteiger partial charge is 0.449 e. The molecule has 1 aliphatic carbocycles. The molecule has 11 heteroatoms. The molecule has 1 aliphatic rings. The number of aromatic nitrogens is 2. The van der Waals surface area contributed by atoms with Crippen LogP contribution in [0, 0.1) is 0 Å². The number of carbonyl (C=O) groups excluding carboxylic acids is 2. The molecule has 0 saturated carbocycles. The summed E-state index contributed by atoms with van der Waals surface area (Å²) in [5.41, 5.74) is 4.70. The third-order valence-electron chi connectivity index (χ3n) is 8.44. The summed E-state index contributed by atoms with van der Waals surface area (Å²) in [7, 11) is 0. The van der Waals surface area contributed by atoms with Gasteiger partial charge in [-0.15, -0.1) is 0 Å². The van der Waals surface area contributed by atoms with Crippen molar-refractivity contribution in [2.24, 2.45) is 0 Å². The number of ether oxygens (including phenoxy) is 2. The lowest BCUT2D eigenvalue weighted by Crippen LogP contribution is -2.49. The molecule has 258 valence electrons. The molecule has 0 aliphatic heterocycles. The Bertz CT molecular complexity index is 2030. The molecule has 1 heterocycles. The molecule has 50 heavy (non-hydrogen) atoms. The second kappa shape index (κ2) is 14.6. The molecule has 0 spiro atoms. The van der Waals surface area contributed by atoms with Crippen LogP contribution in [-0.4, -0.2) is 47.1 Å². The van der Waals surface area contributed by atoms with Crippen LogP contribution in [0.5, 0.6) is 0 Å². The number of benzene rings is 4. The third-order valence-corrected chi connectivity index (χ3v) is 8.76. The minimum Gasteiger partial charge on any atom is -0.449 e. The van der Waals surface area contributed by atoms with E-state index in [2.05, 4.69) is 34.9 Å². The van der Waals surface area contributed by atoms with Gasteiger partial charge in [-0.1, -0.05) is 96.5 Å². The van der Waals surface area contributed by atoms with Crippen LogP contribution in [0.3, 0.4) is 0 Å². The molecular formula is C39H40ClN5O5. The van der Waals surface area contributed by atoms with Crippen molar-refractivity contribution in [3.63, 3.8) is 0 Å². The quantitative estimate of drug-likeness (QED) is 0.158. The van der Waals surface area contributed by atoms with Crippen LogP contribution in [0.1, 0.15) is 62.2 Å².